The Morgan fingerprint density at radius 1 is 1.06 bits per heavy atom. The van der Waals surface area contributed by atoms with Crippen molar-refractivity contribution in [3.63, 3.8) is 0 Å². The maximum absolute atomic E-state index is 3.64. The van der Waals surface area contributed by atoms with Crippen LogP contribution >= 0.6 is 0 Å². The fourth-order valence-corrected chi connectivity index (χ4v) is 2.89. The SMILES string of the molecule is CCC1(CC)CCN(CCNC(C)C(C)C)CC1. The molecule has 0 radical (unpaired) electrons. The Hall–Kier alpha value is -0.0800. The van der Waals surface area contributed by atoms with Crippen molar-refractivity contribution in [3.05, 3.63) is 0 Å². The first-order chi connectivity index (χ1) is 8.53. The van der Waals surface area contributed by atoms with E-state index in [0.29, 0.717) is 11.5 Å². The van der Waals surface area contributed by atoms with E-state index in [2.05, 4.69) is 44.8 Å². The van der Waals surface area contributed by atoms with Crippen LogP contribution in [-0.4, -0.2) is 37.1 Å². The summed E-state index contributed by atoms with van der Waals surface area (Å²) >= 11 is 0. The zero-order chi connectivity index (χ0) is 13.6. The van der Waals surface area contributed by atoms with Crippen molar-refractivity contribution < 1.29 is 0 Å². The Kier molecular flexibility index (Phi) is 6.65. The van der Waals surface area contributed by atoms with Gasteiger partial charge < -0.3 is 10.2 Å². The lowest BCUT2D eigenvalue weighted by atomic mass is 9.74. The molecule has 1 saturated heterocycles. The molecule has 0 amide bonds. The number of nitrogens with zero attached hydrogens (tertiary/aromatic N) is 1. The average molecular weight is 254 g/mol. The van der Waals surface area contributed by atoms with Crippen molar-refractivity contribution in [1.29, 1.82) is 0 Å². The number of rotatable bonds is 7. The van der Waals surface area contributed by atoms with E-state index < -0.39 is 0 Å². The molecule has 1 unspecified atom stereocenters. The molecule has 1 heterocycles. The first-order valence-corrected chi connectivity index (χ1v) is 7.98. The third-order valence-corrected chi connectivity index (χ3v) is 5.31. The standard InChI is InChI=1S/C16H34N2/c1-6-16(7-2)8-11-18(12-9-16)13-10-17-15(5)14(3)4/h14-15,17H,6-13H2,1-5H3. The highest BCUT2D eigenvalue weighted by Crippen LogP contribution is 2.37. The van der Waals surface area contributed by atoms with Crippen LogP contribution in [0.25, 0.3) is 0 Å². The van der Waals surface area contributed by atoms with Crippen molar-refractivity contribution in [3.8, 4) is 0 Å². The Morgan fingerprint density at radius 2 is 1.61 bits per heavy atom. The lowest BCUT2D eigenvalue weighted by Gasteiger charge is -2.41. The number of piperidine rings is 1. The maximum Gasteiger partial charge on any atom is 0.0107 e. The van der Waals surface area contributed by atoms with Crippen LogP contribution in [0.3, 0.4) is 0 Å². The predicted octanol–water partition coefficient (Wildman–Crippen LogP) is 3.52. The number of hydrogen-bond acceptors (Lipinski definition) is 2. The maximum atomic E-state index is 3.64. The van der Waals surface area contributed by atoms with Gasteiger partial charge in [-0.2, -0.15) is 0 Å². The summed E-state index contributed by atoms with van der Waals surface area (Å²) in [7, 11) is 0. The van der Waals surface area contributed by atoms with Crippen molar-refractivity contribution in [2.24, 2.45) is 11.3 Å². The van der Waals surface area contributed by atoms with E-state index in [1.807, 2.05) is 0 Å². The van der Waals surface area contributed by atoms with Gasteiger partial charge >= 0.3 is 0 Å². The van der Waals surface area contributed by atoms with Crippen molar-refractivity contribution in [2.75, 3.05) is 26.2 Å². The first kappa shape index (κ1) is 16.0. The highest BCUT2D eigenvalue weighted by molar-refractivity contribution is 4.84. The molecule has 2 nitrogen and oxygen atoms in total. The second-order valence-corrected chi connectivity index (χ2v) is 6.54. The first-order valence-electron chi connectivity index (χ1n) is 7.98. The van der Waals surface area contributed by atoms with Gasteiger partial charge in [-0.3, -0.25) is 0 Å². The second-order valence-electron chi connectivity index (χ2n) is 6.54. The van der Waals surface area contributed by atoms with Gasteiger partial charge in [0.1, 0.15) is 0 Å². The molecule has 0 saturated carbocycles. The van der Waals surface area contributed by atoms with Crippen LogP contribution in [0, 0.1) is 11.3 Å². The molecule has 1 atom stereocenters. The van der Waals surface area contributed by atoms with Crippen molar-refractivity contribution in [2.45, 2.75) is 66.3 Å². The molecule has 0 aliphatic carbocycles. The van der Waals surface area contributed by atoms with Gasteiger partial charge in [-0.15, -0.1) is 0 Å². The van der Waals surface area contributed by atoms with Gasteiger partial charge in [-0.05, 0) is 44.2 Å². The topological polar surface area (TPSA) is 15.3 Å². The lowest BCUT2D eigenvalue weighted by molar-refractivity contribution is 0.0953. The fraction of sp³-hybridized carbons (Fsp3) is 1.00. The summed E-state index contributed by atoms with van der Waals surface area (Å²) < 4.78 is 0. The predicted molar refractivity (Wildman–Crippen MR) is 81.0 cm³/mol. The summed E-state index contributed by atoms with van der Waals surface area (Å²) in [4.78, 5) is 2.64. The van der Waals surface area contributed by atoms with E-state index in [9.17, 15) is 0 Å². The van der Waals surface area contributed by atoms with E-state index >= 15 is 0 Å². The molecule has 0 aromatic rings. The van der Waals surface area contributed by atoms with Crippen LogP contribution in [0.15, 0.2) is 0 Å². The van der Waals surface area contributed by atoms with Gasteiger partial charge in [-0.1, -0.05) is 40.5 Å². The van der Waals surface area contributed by atoms with Crippen LogP contribution in [-0.2, 0) is 0 Å². The minimum absolute atomic E-state index is 0.639. The third-order valence-electron chi connectivity index (χ3n) is 5.31. The van der Waals surface area contributed by atoms with E-state index in [0.717, 1.165) is 12.5 Å². The summed E-state index contributed by atoms with van der Waals surface area (Å²) in [6, 6.07) is 0.639. The highest BCUT2D eigenvalue weighted by Gasteiger charge is 2.30. The summed E-state index contributed by atoms with van der Waals surface area (Å²) in [5, 5.41) is 3.64. The zero-order valence-corrected chi connectivity index (χ0v) is 13.3. The van der Waals surface area contributed by atoms with E-state index in [1.54, 1.807) is 0 Å². The van der Waals surface area contributed by atoms with Crippen LogP contribution < -0.4 is 5.32 Å². The van der Waals surface area contributed by atoms with Gasteiger partial charge in [0, 0.05) is 19.1 Å². The normalized spacial score (nSPS) is 22.3. The van der Waals surface area contributed by atoms with Crippen molar-refractivity contribution in [1.82, 2.24) is 10.2 Å². The van der Waals surface area contributed by atoms with Gasteiger partial charge in [0.25, 0.3) is 0 Å². The molecule has 1 fully saturated rings. The quantitative estimate of drug-likeness (QED) is 0.748. The molecule has 0 aromatic heterocycles. The van der Waals surface area contributed by atoms with Crippen LogP contribution in [0.5, 0.6) is 0 Å². The van der Waals surface area contributed by atoms with E-state index in [-0.39, 0.29) is 0 Å². The molecule has 18 heavy (non-hydrogen) atoms. The molecule has 1 N–H and O–H groups in total. The zero-order valence-electron chi connectivity index (χ0n) is 13.3. The van der Waals surface area contributed by atoms with Gasteiger partial charge in [0.05, 0.1) is 0 Å². The number of nitrogens with one attached hydrogen (secondary N) is 1. The Labute approximate surface area is 115 Å². The smallest absolute Gasteiger partial charge is 0.0107 e. The van der Waals surface area contributed by atoms with Gasteiger partial charge in [-0.25, -0.2) is 0 Å². The van der Waals surface area contributed by atoms with Gasteiger partial charge in [0.15, 0.2) is 0 Å². The molecule has 108 valence electrons. The summed E-state index contributed by atoms with van der Waals surface area (Å²) in [5.41, 5.74) is 0.662. The minimum atomic E-state index is 0.639. The van der Waals surface area contributed by atoms with Crippen molar-refractivity contribution >= 4 is 0 Å². The Bertz CT molecular complexity index is 211. The molecule has 1 rings (SSSR count). The van der Waals surface area contributed by atoms with Crippen LogP contribution in [0.4, 0.5) is 0 Å². The van der Waals surface area contributed by atoms with Crippen LogP contribution in [0.1, 0.15) is 60.3 Å². The largest absolute Gasteiger partial charge is 0.313 e. The molecular formula is C16H34N2. The molecule has 2 heteroatoms. The molecule has 1 aliphatic rings. The molecule has 0 spiro atoms. The summed E-state index contributed by atoms with van der Waals surface area (Å²) in [6.45, 7) is 16.6. The summed E-state index contributed by atoms with van der Waals surface area (Å²) in [6.07, 6.45) is 5.53. The van der Waals surface area contributed by atoms with Gasteiger partial charge in [0.2, 0.25) is 0 Å². The average Bonchev–Trinajstić information content (AvgIpc) is 2.39. The Morgan fingerprint density at radius 3 is 2.06 bits per heavy atom. The highest BCUT2D eigenvalue weighted by atomic mass is 15.1. The third kappa shape index (κ3) is 4.55. The number of likely N-dealkylation sites (tertiary alicyclic amines) is 1. The monoisotopic (exact) mass is 254 g/mol. The minimum Gasteiger partial charge on any atom is -0.313 e. The molecular weight excluding hydrogens is 220 g/mol. The number of hydrogen-bond donors (Lipinski definition) is 1. The lowest BCUT2D eigenvalue weighted by Crippen LogP contribution is -2.44. The van der Waals surface area contributed by atoms with E-state index in [4.69, 9.17) is 0 Å². The molecule has 0 aromatic carbocycles. The molecule has 0 bridgehead atoms. The van der Waals surface area contributed by atoms with Crippen LogP contribution in [0.2, 0.25) is 0 Å². The fourth-order valence-electron chi connectivity index (χ4n) is 2.89. The Balaban J connectivity index is 2.20. The second kappa shape index (κ2) is 7.49. The van der Waals surface area contributed by atoms with E-state index in [1.165, 1.54) is 45.3 Å². The molecule has 1 aliphatic heterocycles. The summed E-state index contributed by atoms with van der Waals surface area (Å²) in [5.74, 6) is 0.735.